The van der Waals surface area contributed by atoms with Crippen molar-refractivity contribution >= 4 is 17.2 Å². The van der Waals surface area contributed by atoms with Crippen LogP contribution in [0.5, 0.6) is 0 Å². The summed E-state index contributed by atoms with van der Waals surface area (Å²) in [5.74, 6) is -0.803. The lowest BCUT2D eigenvalue weighted by Crippen LogP contribution is -1.90. The molecule has 2 heterocycles. The second kappa shape index (κ2) is 4.96. The second-order valence-corrected chi connectivity index (χ2v) is 6.04. The number of hydrogen-bond donors (Lipinski definition) is 1. The number of nitrogens with zero attached hydrogens (tertiary/aromatic N) is 1. The number of rotatable bonds is 2. The molecule has 0 saturated heterocycles. The minimum absolute atomic E-state index is 0.110. The molecule has 0 fully saturated rings. The Bertz CT molecular complexity index is 783. The van der Waals surface area contributed by atoms with Crippen LogP contribution in [0.2, 0.25) is 0 Å². The Kier molecular flexibility index (Phi) is 3.25. The molecule has 0 aliphatic heterocycles. The van der Waals surface area contributed by atoms with E-state index < -0.39 is 11.6 Å². The zero-order chi connectivity index (χ0) is 15.1. The van der Waals surface area contributed by atoms with E-state index in [2.05, 4.69) is 5.16 Å². The van der Waals surface area contributed by atoms with Crippen molar-refractivity contribution in [3.63, 3.8) is 0 Å². The van der Waals surface area contributed by atoms with Crippen molar-refractivity contribution in [2.75, 3.05) is 5.73 Å². The topological polar surface area (TPSA) is 52.0 Å². The monoisotopic (exact) mass is 306 g/mol. The normalized spacial score (nSPS) is 11.0. The van der Waals surface area contributed by atoms with Gasteiger partial charge in [0, 0.05) is 10.9 Å². The minimum atomic E-state index is -0.671. The van der Waals surface area contributed by atoms with E-state index in [1.54, 1.807) is 0 Å². The Morgan fingerprint density at radius 1 is 1.10 bits per heavy atom. The molecule has 2 aromatic heterocycles. The van der Waals surface area contributed by atoms with Crippen molar-refractivity contribution in [2.24, 2.45) is 0 Å². The summed E-state index contributed by atoms with van der Waals surface area (Å²) < 4.78 is 32.1. The highest BCUT2D eigenvalue weighted by molar-refractivity contribution is 7.15. The number of anilines is 1. The average Bonchev–Trinajstić information content (AvgIpc) is 2.92. The van der Waals surface area contributed by atoms with E-state index in [9.17, 15) is 8.78 Å². The molecule has 0 bridgehead atoms. The van der Waals surface area contributed by atoms with Gasteiger partial charge < -0.3 is 10.3 Å². The summed E-state index contributed by atoms with van der Waals surface area (Å²) in [6, 6.07) is 5.18. The van der Waals surface area contributed by atoms with Gasteiger partial charge in [-0.25, -0.2) is 8.78 Å². The molecule has 3 nitrogen and oxygen atoms in total. The molecule has 1 aromatic carbocycles. The van der Waals surface area contributed by atoms with E-state index in [1.165, 1.54) is 23.5 Å². The molecule has 3 aromatic rings. The summed E-state index contributed by atoms with van der Waals surface area (Å²) in [5.41, 5.74) is 7.64. The van der Waals surface area contributed by atoms with Crippen LogP contribution in [-0.4, -0.2) is 5.16 Å². The third kappa shape index (κ3) is 2.42. The van der Waals surface area contributed by atoms with Gasteiger partial charge in [0.2, 0.25) is 0 Å². The Balaban J connectivity index is 2.21. The van der Waals surface area contributed by atoms with Crippen LogP contribution in [0.4, 0.5) is 14.6 Å². The van der Waals surface area contributed by atoms with Crippen LogP contribution >= 0.6 is 11.3 Å². The van der Waals surface area contributed by atoms with Gasteiger partial charge >= 0.3 is 0 Å². The van der Waals surface area contributed by atoms with Gasteiger partial charge in [-0.3, -0.25) is 0 Å². The van der Waals surface area contributed by atoms with E-state index in [1.807, 2.05) is 19.9 Å². The maximum atomic E-state index is 13.4. The van der Waals surface area contributed by atoms with Gasteiger partial charge in [-0.05, 0) is 43.2 Å². The van der Waals surface area contributed by atoms with Crippen molar-refractivity contribution in [1.82, 2.24) is 5.16 Å². The molecule has 0 aliphatic carbocycles. The van der Waals surface area contributed by atoms with Crippen molar-refractivity contribution in [3.05, 3.63) is 46.3 Å². The zero-order valence-electron chi connectivity index (χ0n) is 11.4. The lowest BCUT2D eigenvalue weighted by atomic mass is 10.0. The van der Waals surface area contributed by atoms with Gasteiger partial charge in [0.1, 0.15) is 11.6 Å². The largest absolute Gasteiger partial charge is 0.380 e. The highest BCUT2D eigenvalue weighted by Crippen LogP contribution is 2.40. The molecule has 3 rings (SSSR count). The fourth-order valence-electron chi connectivity index (χ4n) is 2.13. The first-order chi connectivity index (χ1) is 9.95. The Hall–Kier alpha value is -2.21. The molecular weight excluding hydrogens is 294 g/mol. The number of benzene rings is 1. The molecule has 0 spiro atoms. The standard InChI is InChI=1S/C15H12F2N2OS/c1-7-3-12(21-8(7)2)14-13(15(18)19-20-14)9-4-10(16)6-11(17)5-9/h3-6H,1-2H3,(H2,18,19). The smallest absolute Gasteiger partial charge is 0.186 e. The van der Waals surface area contributed by atoms with Gasteiger partial charge in [0.15, 0.2) is 11.6 Å². The van der Waals surface area contributed by atoms with Crippen LogP contribution in [0.15, 0.2) is 28.8 Å². The average molecular weight is 306 g/mol. The van der Waals surface area contributed by atoms with Crippen molar-refractivity contribution in [1.29, 1.82) is 0 Å². The van der Waals surface area contributed by atoms with Crippen LogP contribution in [-0.2, 0) is 0 Å². The molecule has 0 aliphatic rings. The maximum absolute atomic E-state index is 13.4. The van der Waals surface area contributed by atoms with E-state index in [4.69, 9.17) is 10.3 Å². The Morgan fingerprint density at radius 3 is 2.33 bits per heavy atom. The van der Waals surface area contributed by atoms with Gasteiger partial charge in [0.05, 0.1) is 10.4 Å². The summed E-state index contributed by atoms with van der Waals surface area (Å²) in [5, 5.41) is 3.73. The van der Waals surface area contributed by atoms with Gasteiger partial charge in [-0.15, -0.1) is 11.3 Å². The quantitative estimate of drug-likeness (QED) is 0.756. The van der Waals surface area contributed by atoms with Gasteiger partial charge in [-0.2, -0.15) is 0 Å². The molecule has 0 unspecified atom stereocenters. The van der Waals surface area contributed by atoms with Gasteiger partial charge in [0.25, 0.3) is 0 Å². The number of nitrogens with two attached hydrogens (primary N) is 1. The molecule has 0 atom stereocenters. The summed E-state index contributed by atoms with van der Waals surface area (Å²) in [4.78, 5) is 1.96. The zero-order valence-corrected chi connectivity index (χ0v) is 12.2. The molecular formula is C15H12F2N2OS. The number of thiophene rings is 1. The van der Waals surface area contributed by atoms with Gasteiger partial charge in [-0.1, -0.05) is 5.16 Å². The number of nitrogen functional groups attached to an aromatic ring is 1. The first-order valence-electron chi connectivity index (χ1n) is 6.24. The SMILES string of the molecule is Cc1cc(-c2onc(N)c2-c2cc(F)cc(F)c2)sc1C. The van der Waals surface area contributed by atoms with Crippen molar-refractivity contribution in [2.45, 2.75) is 13.8 Å². The number of aromatic nitrogens is 1. The summed E-state index contributed by atoms with van der Waals surface area (Å²) in [6.45, 7) is 3.97. The second-order valence-electron chi connectivity index (χ2n) is 4.78. The molecule has 6 heteroatoms. The summed E-state index contributed by atoms with van der Waals surface area (Å²) in [6.07, 6.45) is 0. The third-order valence-electron chi connectivity index (χ3n) is 3.26. The fourth-order valence-corrected chi connectivity index (χ4v) is 3.15. The van der Waals surface area contributed by atoms with Crippen LogP contribution < -0.4 is 5.73 Å². The van der Waals surface area contributed by atoms with Crippen LogP contribution in [0.1, 0.15) is 10.4 Å². The number of halogens is 2. The third-order valence-corrected chi connectivity index (χ3v) is 4.41. The van der Waals surface area contributed by atoms with Crippen molar-refractivity contribution < 1.29 is 13.3 Å². The molecule has 2 N–H and O–H groups in total. The molecule has 0 radical (unpaired) electrons. The lowest BCUT2D eigenvalue weighted by molar-refractivity contribution is 0.437. The summed E-state index contributed by atoms with van der Waals surface area (Å²) >= 11 is 1.52. The number of aryl methyl sites for hydroxylation is 2. The Morgan fingerprint density at radius 2 is 1.76 bits per heavy atom. The molecule has 0 amide bonds. The van der Waals surface area contributed by atoms with E-state index in [0.29, 0.717) is 16.9 Å². The van der Waals surface area contributed by atoms with Crippen LogP contribution in [0.3, 0.4) is 0 Å². The summed E-state index contributed by atoms with van der Waals surface area (Å²) in [7, 11) is 0. The predicted octanol–water partition coefficient (Wildman–Crippen LogP) is 4.55. The van der Waals surface area contributed by atoms with E-state index >= 15 is 0 Å². The van der Waals surface area contributed by atoms with Crippen LogP contribution in [0, 0.1) is 25.5 Å². The highest BCUT2D eigenvalue weighted by Gasteiger charge is 2.20. The molecule has 108 valence electrons. The predicted molar refractivity (Wildman–Crippen MR) is 79.1 cm³/mol. The molecule has 0 saturated carbocycles. The van der Waals surface area contributed by atoms with E-state index in [-0.39, 0.29) is 5.82 Å². The van der Waals surface area contributed by atoms with Crippen molar-refractivity contribution in [3.8, 4) is 21.8 Å². The number of hydrogen-bond acceptors (Lipinski definition) is 4. The minimum Gasteiger partial charge on any atom is -0.380 e. The van der Waals surface area contributed by atoms with E-state index in [0.717, 1.165) is 21.4 Å². The maximum Gasteiger partial charge on any atom is 0.186 e. The first-order valence-corrected chi connectivity index (χ1v) is 7.06. The lowest BCUT2D eigenvalue weighted by Gasteiger charge is -2.02. The fraction of sp³-hybridized carbons (Fsp3) is 0.133. The van der Waals surface area contributed by atoms with Crippen LogP contribution in [0.25, 0.3) is 21.8 Å². The molecule has 21 heavy (non-hydrogen) atoms. The highest BCUT2D eigenvalue weighted by atomic mass is 32.1. The Labute approximate surface area is 124 Å². The first kappa shape index (κ1) is 13.8.